The Balaban J connectivity index is 3.14. The molecule has 5 atom stereocenters. The molecule has 1 aliphatic rings. The molecular formula is C16H26O8S. The van der Waals surface area contributed by atoms with E-state index in [1.807, 2.05) is 13.8 Å². The third kappa shape index (κ3) is 6.83. The van der Waals surface area contributed by atoms with Crippen LogP contribution in [0.1, 0.15) is 34.6 Å². The molecule has 1 rings (SSSR count). The highest BCUT2D eigenvalue weighted by Crippen LogP contribution is 2.34. The molecule has 0 unspecified atom stereocenters. The molecule has 1 fully saturated rings. The van der Waals surface area contributed by atoms with Crippen molar-refractivity contribution >= 4 is 29.7 Å². The number of hydrogen-bond acceptors (Lipinski definition) is 9. The van der Waals surface area contributed by atoms with Crippen molar-refractivity contribution in [2.24, 2.45) is 0 Å². The first-order valence-electron chi connectivity index (χ1n) is 8.16. The molecule has 0 aliphatic carbocycles. The normalized spacial score (nSPS) is 28.9. The van der Waals surface area contributed by atoms with Gasteiger partial charge < -0.3 is 23.7 Å². The van der Waals surface area contributed by atoms with Gasteiger partial charge in [0.05, 0.1) is 5.25 Å². The van der Waals surface area contributed by atoms with Crippen LogP contribution in [-0.2, 0) is 38.1 Å². The molecule has 0 aromatic heterocycles. The van der Waals surface area contributed by atoms with Gasteiger partial charge >= 0.3 is 17.9 Å². The lowest BCUT2D eigenvalue weighted by Gasteiger charge is -2.44. The van der Waals surface area contributed by atoms with E-state index in [4.69, 9.17) is 23.7 Å². The van der Waals surface area contributed by atoms with Crippen LogP contribution in [0.4, 0.5) is 0 Å². The zero-order chi connectivity index (χ0) is 19.0. The molecule has 25 heavy (non-hydrogen) atoms. The largest absolute Gasteiger partial charge is 0.463 e. The molecule has 0 amide bonds. The van der Waals surface area contributed by atoms with E-state index in [-0.39, 0.29) is 11.9 Å². The average Bonchev–Trinajstić information content (AvgIpc) is 2.50. The first kappa shape index (κ1) is 21.7. The summed E-state index contributed by atoms with van der Waals surface area (Å²) in [6.45, 7) is 7.81. The Hall–Kier alpha value is -1.32. The van der Waals surface area contributed by atoms with Gasteiger partial charge in [0.1, 0.15) is 12.7 Å². The minimum atomic E-state index is -0.901. The van der Waals surface area contributed by atoms with Crippen LogP contribution in [0.2, 0.25) is 0 Å². The molecule has 0 radical (unpaired) electrons. The van der Waals surface area contributed by atoms with E-state index in [1.165, 1.54) is 32.5 Å². The molecule has 0 saturated carbocycles. The van der Waals surface area contributed by atoms with Crippen molar-refractivity contribution in [1.82, 2.24) is 0 Å². The van der Waals surface area contributed by atoms with Gasteiger partial charge in [-0.05, 0) is 12.7 Å². The van der Waals surface area contributed by atoms with Gasteiger partial charge in [-0.15, -0.1) is 11.8 Å². The lowest BCUT2D eigenvalue weighted by atomic mass is 10.0. The van der Waals surface area contributed by atoms with Gasteiger partial charge in [-0.2, -0.15) is 0 Å². The predicted octanol–water partition coefficient (Wildman–Crippen LogP) is 1.30. The van der Waals surface area contributed by atoms with Crippen molar-refractivity contribution in [2.45, 2.75) is 64.5 Å². The summed E-state index contributed by atoms with van der Waals surface area (Å²) in [5.74, 6) is -0.829. The Morgan fingerprint density at radius 1 is 0.960 bits per heavy atom. The van der Waals surface area contributed by atoms with E-state index >= 15 is 0 Å². The molecule has 8 nitrogen and oxygen atoms in total. The molecule has 1 saturated heterocycles. The zero-order valence-electron chi connectivity index (χ0n) is 15.2. The van der Waals surface area contributed by atoms with Crippen LogP contribution in [0.25, 0.3) is 0 Å². The maximum atomic E-state index is 11.6. The first-order valence-corrected chi connectivity index (χ1v) is 9.21. The number of carbonyl (C=O) groups is 3. The van der Waals surface area contributed by atoms with E-state index in [0.717, 1.165) is 5.75 Å². The monoisotopic (exact) mass is 378 g/mol. The SMILES string of the molecule is CCO[C@@H]1O[C@H](COC(C)=O)[C@@H](OC(C)=O)[C@H](OC(C)=O)[C@H]1SCC. The fourth-order valence-corrected chi connectivity index (χ4v) is 3.62. The molecule has 144 valence electrons. The van der Waals surface area contributed by atoms with E-state index in [1.54, 1.807) is 0 Å². The fourth-order valence-electron chi connectivity index (χ4n) is 2.54. The Labute approximate surface area is 151 Å². The Morgan fingerprint density at radius 3 is 2.04 bits per heavy atom. The van der Waals surface area contributed by atoms with E-state index in [0.29, 0.717) is 6.61 Å². The van der Waals surface area contributed by atoms with Crippen LogP contribution >= 0.6 is 11.8 Å². The van der Waals surface area contributed by atoms with E-state index in [2.05, 4.69) is 0 Å². The molecule has 0 spiro atoms. The van der Waals surface area contributed by atoms with E-state index < -0.39 is 42.5 Å². The van der Waals surface area contributed by atoms with Crippen LogP contribution in [0, 0.1) is 0 Å². The number of carbonyl (C=O) groups excluding carboxylic acids is 3. The van der Waals surface area contributed by atoms with Crippen molar-refractivity contribution < 1.29 is 38.1 Å². The van der Waals surface area contributed by atoms with Gasteiger partial charge in [0.15, 0.2) is 18.5 Å². The Morgan fingerprint density at radius 2 is 1.56 bits per heavy atom. The van der Waals surface area contributed by atoms with Crippen molar-refractivity contribution in [3.05, 3.63) is 0 Å². The number of thioether (sulfide) groups is 1. The second-order valence-electron chi connectivity index (χ2n) is 5.37. The summed E-state index contributed by atoms with van der Waals surface area (Å²) in [4.78, 5) is 34.3. The zero-order valence-corrected chi connectivity index (χ0v) is 16.0. The first-order chi connectivity index (χ1) is 11.8. The molecule has 1 aliphatic heterocycles. The molecule has 0 aromatic rings. The summed E-state index contributed by atoms with van der Waals surface area (Å²) in [6.07, 6.45) is -3.17. The van der Waals surface area contributed by atoms with Crippen molar-refractivity contribution in [1.29, 1.82) is 0 Å². The Kier molecular flexibility index (Phi) is 9.23. The lowest BCUT2D eigenvalue weighted by molar-refractivity contribution is -0.261. The standard InChI is InChI=1S/C16H26O8S/c1-6-20-16-15(25-7-2)14(23-11(5)19)13(22-10(4)18)12(24-16)8-21-9(3)17/h12-16H,6-8H2,1-5H3/t12-,13-,14+,15-,16-/m1/s1. The predicted molar refractivity (Wildman–Crippen MR) is 89.9 cm³/mol. The van der Waals surface area contributed by atoms with Gasteiger partial charge in [0.25, 0.3) is 0 Å². The number of hydrogen-bond donors (Lipinski definition) is 0. The minimum Gasteiger partial charge on any atom is -0.463 e. The highest BCUT2D eigenvalue weighted by Gasteiger charge is 2.50. The maximum absolute atomic E-state index is 11.6. The smallest absolute Gasteiger partial charge is 0.303 e. The quantitative estimate of drug-likeness (QED) is 0.457. The van der Waals surface area contributed by atoms with E-state index in [9.17, 15) is 14.4 Å². The molecule has 9 heteroatoms. The van der Waals surface area contributed by atoms with Crippen molar-refractivity contribution in [3.8, 4) is 0 Å². The molecule has 0 bridgehead atoms. The summed E-state index contributed by atoms with van der Waals surface area (Å²) in [7, 11) is 0. The molecule has 0 aromatic carbocycles. The van der Waals surface area contributed by atoms with Crippen LogP contribution in [0.5, 0.6) is 0 Å². The third-order valence-corrected chi connectivity index (χ3v) is 4.54. The van der Waals surface area contributed by atoms with Crippen LogP contribution < -0.4 is 0 Å². The minimum absolute atomic E-state index is 0.141. The highest BCUT2D eigenvalue weighted by molar-refractivity contribution is 7.99. The second kappa shape index (κ2) is 10.6. The third-order valence-electron chi connectivity index (χ3n) is 3.34. The van der Waals surface area contributed by atoms with Gasteiger partial charge in [0, 0.05) is 27.4 Å². The fraction of sp³-hybridized carbons (Fsp3) is 0.812. The van der Waals surface area contributed by atoms with Gasteiger partial charge in [-0.25, -0.2) is 0 Å². The molecule has 1 heterocycles. The van der Waals surface area contributed by atoms with Crippen LogP contribution in [-0.4, -0.2) is 66.7 Å². The van der Waals surface area contributed by atoms with Crippen molar-refractivity contribution in [3.63, 3.8) is 0 Å². The van der Waals surface area contributed by atoms with Gasteiger partial charge in [0.2, 0.25) is 0 Å². The number of ether oxygens (including phenoxy) is 5. The van der Waals surface area contributed by atoms with Gasteiger partial charge in [-0.1, -0.05) is 6.92 Å². The number of rotatable bonds is 8. The lowest BCUT2D eigenvalue weighted by Crippen LogP contribution is -2.60. The van der Waals surface area contributed by atoms with Crippen LogP contribution in [0.15, 0.2) is 0 Å². The summed E-state index contributed by atoms with van der Waals surface area (Å²) >= 11 is 1.48. The summed E-state index contributed by atoms with van der Waals surface area (Å²) in [5.41, 5.74) is 0. The average molecular weight is 378 g/mol. The topological polar surface area (TPSA) is 97.4 Å². The molecular weight excluding hydrogens is 352 g/mol. The summed E-state index contributed by atoms with van der Waals surface area (Å²) in [5, 5.41) is -0.383. The Bertz CT molecular complexity index is 469. The summed E-state index contributed by atoms with van der Waals surface area (Å²) < 4.78 is 27.3. The highest BCUT2D eigenvalue weighted by atomic mass is 32.2. The second-order valence-corrected chi connectivity index (χ2v) is 6.82. The molecule has 0 N–H and O–H groups in total. The maximum Gasteiger partial charge on any atom is 0.303 e. The number of esters is 3. The van der Waals surface area contributed by atoms with Gasteiger partial charge in [-0.3, -0.25) is 14.4 Å². The van der Waals surface area contributed by atoms with Crippen LogP contribution in [0.3, 0.4) is 0 Å². The summed E-state index contributed by atoms with van der Waals surface area (Å²) in [6, 6.07) is 0. The van der Waals surface area contributed by atoms with Crippen molar-refractivity contribution in [2.75, 3.05) is 19.0 Å².